The van der Waals surface area contributed by atoms with Gasteiger partial charge in [0.15, 0.2) is 5.96 Å². The van der Waals surface area contributed by atoms with Crippen LogP contribution in [0.1, 0.15) is 18.4 Å². The molecule has 1 aliphatic heterocycles. The van der Waals surface area contributed by atoms with E-state index < -0.39 is 10.0 Å². The molecule has 5 N–H and O–H groups in total. The van der Waals surface area contributed by atoms with Crippen molar-refractivity contribution in [2.45, 2.75) is 30.4 Å². The number of guanidine groups is 1. The van der Waals surface area contributed by atoms with Crippen molar-refractivity contribution < 1.29 is 13.2 Å². The number of halogens is 1. The standard InChI is InChI=1S/C13H20N4O3S.HI/c14-13(17-9-11-5-3-7-20-11)16-8-10-4-1-2-6-12(10)21(15,18)19;/h1-2,4,6,11H,3,5,7-9H2,(H3,14,16,17)(H2,15,18,19);1H. The highest BCUT2D eigenvalue weighted by Crippen LogP contribution is 2.14. The van der Waals surface area contributed by atoms with Gasteiger partial charge in [0, 0.05) is 13.2 Å². The molecule has 1 aromatic carbocycles. The van der Waals surface area contributed by atoms with E-state index in [1.807, 2.05) is 0 Å². The minimum absolute atomic E-state index is 0. The lowest BCUT2D eigenvalue weighted by molar-refractivity contribution is 0.114. The molecule has 0 radical (unpaired) electrons. The first-order valence-electron chi connectivity index (χ1n) is 6.73. The molecule has 0 amide bonds. The third-order valence-corrected chi connectivity index (χ3v) is 4.25. The van der Waals surface area contributed by atoms with Gasteiger partial charge < -0.3 is 15.8 Å². The van der Waals surface area contributed by atoms with E-state index in [0.29, 0.717) is 12.1 Å². The zero-order chi connectivity index (χ0) is 15.3. The van der Waals surface area contributed by atoms with Crippen LogP contribution in [0.2, 0.25) is 0 Å². The summed E-state index contributed by atoms with van der Waals surface area (Å²) < 4.78 is 28.4. The quantitative estimate of drug-likeness (QED) is 0.351. The maximum Gasteiger partial charge on any atom is 0.238 e. The lowest BCUT2D eigenvalue weighted by Crippen LogP contribution is -2.37. The average Bonchev–Trinajstić information content (AvgIpc) is 2.95. The molecule has 22 heavy (non-hydrogen) atoms. The maximum absolute atomic E-state index is 11.5. The number of benzene rings is 1. The van der Waals surface area contributed by atoms with Crippen molar-refractivity contribution in [2.75, 3.05) is 13.2 Å². The van der Waals surface area contributed by atoms with Crippen LogP contribution in [0.25, 0.3) is 0 Å². The first-order valence-corrected chi connectivity index (χ1v) is 8.27. The van der Waals surface area contributed by atoms with E-state index >= 15 is 0 Å². The van der Waals surface area contributed by atoms with Gasteiger partial charge in [-0.1, -0.05) is 18.2 Å². The summed E-state index contributed by atoms with van der Waals surface area (Å²) in [6.07, 6.45) is 2.23. The summed E-state index contributed by atoms with van der Waals surface area (Å²) in [4.78, 5) is 4.21. The molecule has 1 fully saturated rings. The van der Waals surface area contributed by atoms with Crippen LogP contribution in [-0.2, 0) is 21.3 Å². The molecule has 9 heteroatoms. The van der Waals surface area contributed by atoms with Gasteiger partial charge in [-0.05, 0) is 24.5 Å². The molecular weight excluding hydrogens is 419 g/mol. The fourth-order valence-electron chi connectivity index (χ4n) is 2.16. The van der Waals surface area contributed by atoms with Gasteiger partial charge in [0.1, 0.15) is 0 Å². The molecule has 0 spiro atoms. The van der Waals surface area contributed by atoms with Crippen LogP contribution < -0.4 is 16.2 Å². The number of nitrogens with one attached hydrogen (secondary N) is 1. The van der Waals surface area contributed by atoms with E-state index in [9.17, 15) is 8.42 Å². The topological polar surface area (TPSA) is 120 Å². The number of hydrogen-bond donors (Lipinski definition) is 3. The zero-order valence-electron chi connectivity index (χ0n) is 12.1. The highest BCUT2D eigenvalue weighted by Gasteiger charge is 2.15. The van der Waals surface area contributed by atoms with Gasteiger partial charge in [0.2, 0.25) is 10.0 Å². The number of sulfonamides is 1. The van der Waals surface area contributed by atoms with E-state index in [-0.39, 0.29) is 47.5 Å². The molecule has 0 saturated carbocycles. The van der Waals surface area contributed by atoms with Gasteiger partial charge >= 0.3 is 0 Å². The summed E-state index contributed by atoms with van der Waals surface area (Å²) >= 11 is 0. The van der Waals surface area contributed by atoms with Gasteiger partial charge in [-0.15, -0.1) is 24.0 Å². The largest absolute Gasteiger partial charge is 0.376 e. The minimum atomic E-state index is -3.76. The SMILES string of the molecule is I.NC(=NCc1ccccc1S(N)(=O)=O)NCC1CCCO1. The minimum Gasteiger partial charge on any atom is -0.376 e. The molecule has 0 bridgehead atoms. The van der Waals surface area contributed by atoms with E-state index in [4.69, 9.17) is 15.6 Å². The molecule has 1 unspecified atom stereocenters. The second-order valence-electron chi connectivity index (χ2n) is 4.87. The summed E-state index contributed by atoms with van der Waals surface area (Å²) in [5.41, 5.74) is 6.28. The second kappa shape index (κ2) is 8.65. The fraction of sp³-hybridized carbons (Fsp3) is 0.462. The Morgan fingerprint density at radius 1 is 1.41 bits per heavy atom. The van der Waals surface area contributed by atoms with Gasteiger partial charge in [0.05, 0.1) is 17.5 Å². The molecule has 1 heterocycles. The molecule has 0 aliphatic carbocycles. The number of rotatable bonds is 5. The molecule has 0 aromatic heterocycles. The summed E-state index contributed by atoms with van der Waals surface area (Å²) in [6, 6.07) is 6.47. The van der Waals surface area contributed by atoms with E-state index in [2.05, 4.69) is 10.3 Å². The molecule has 2 rings (SSSR count). The van der Waals surface area contributed by atoms with Crippen molar-refractivity contribution in [2.24, 2.45) is 15.9 Å². The number of aliphatic imine (C=N–C) groups is 1. The first-order chi connectivity index (χ1) is 9.97. The van der Waals surface area contributed by atoms with Gasteiger partial charge in [-0.25, -0.2) is 18.5 Å². The summed E-state index contributed by atoms with van der Waals surface area (Å²) in [5, 5.41) is 8.14. The molecule has 7 nitrogen and oxygen atoms in total. The van der Waals surface area contributed by atoms with Gasteiger partial charge in [0.25, 0.3) is 0 Å². The highest BCUT2D eigenvalue weighted by molar-refractivity contribution is 14.0. The van der Waals surface area contributed by atoms with E-state index in [1.54, 1.807) is 18.2 Å². The van der Waals surface area contributed by atoms with Crippen LogP contribution in [0.3, 0.4) is 0 Å². The maximum atomic E-state index is 11.5. The van der Waals surface area contributed by atoms with E-state index in [0.717, 1.165) is 19.4 Å². The predicted octanol–water partition coefficient (Wildman–Crippen LogP) is 0.535. The molecular formula is C13H21IN4O3S. The van der Waals surface area contributed by atoms with Gasteiger partial charge in [-0.3, -0.25) is 0 Å². The number of primary sulfonamides is 1. The van der Waals surface area contributed by atoms with Crippen LogP contribution in [0.15, 0.2) is 34.2 Å². The zero-order valence-corrected chi connectivity index (χ0v) is 15.2. The molecule has 1 aliphatic rings. The molecule has 1 atom stereocenters. The Morgan fingerprint density at radius 3 is 2.77 bits per heavy atom. The number of nitrogens with two attached hydrogens (primary N) is 2. The molecule has 124 valence electrons. The van der Waals surface area contributed by atoms with Gasteiger partial charge in [-0.2, -0.15) is 0 Å². The highest BCUT2D eigenvalue weighted by atomic mass is 127. The van der Waals surface area contributed by atoms with Crippen molar-refractivity contribution in [1.29, 1.82) is 0 Å². The number of nitrogens with zero attached hydrogens (tertiary/aromatic N) is 1. The number of hydrogen-bond acceptors (Lipinski definition) is 4. The van der Waals surface area contributed by atoms with Crippen LogP contribution in [0.4, 0.5) is 0 Å². The smallest absolute Gasteiger partial charge is 0.238 e. The Balaban J connectivity index is 0.00000242. The Hall–Kier alpha value is -0.910. The fourth-order valence-corrected chi connectivity index (χ4v) is 2.93. The van der Waals surface area contributed by atoms with Crippen molar-refractivity contribution in [3.05, 3.63) is 29.8 Å². The summed E-state index contributed by atoms with van der Waals surface area (Å²) in [6.45, 7) is 1.54. The third-order valence-electron chi connectivity index (χ3n) is 3.23. The monoisotopic (exact) mass is 440 g/mol. The normalized spacial score (nSPS) is 18.8. The van der Waals surface area contributed by atoms with Crippen LogP contribution in [-0.4, -0.2) is 33.6 Å². The summed E-state index contributed by atoms with van der Waals surface area (Å²) in [7, 11) is -3.76. The Kier molecular flexibility index (Phi) is 7.53. The lowest BCUT2D eigenvalue weighted by Gasteiger charge is -2.11. The van der Waals surface area contributed by atoms with Crippen molar-refractivity contribution in [1.82, 2.24) is 5.32 Å². The third kappa shape index (κ3) is 5.71. The number of ether oxygens (including phenoxy) is 1. The second-order valence-corrected chi connectivity index (χ2v) is 6.40. The van der Waals surface area contributed by atoms with Crippen molar-refractivity contribution in [3.63, 3.8) is 0 Å². The van der Waals surface area contributed by atoms with Crippen LogP contribution in [0, 0.1) is 0 Å². The lowest BCUT2D eigenvalue weighted by atomic mass is 10.2. The van der Waals surface area contributed by atoms with Crippen LogP contribution >= 0.6 is 24.0 Å². The van der Waals surface area contributed by atoms with Crippen molar-refractivity contribution >= 4 is 40.0 Å². The predicted molar refractivity (Wildman–Crippen MR) is 95.5 cm³/mol. The summed E-state index contributed by atoms with van der Waals surface area (Å²) in [5.74, 6) is 0.259. The van der Waals surface area contributed by atoms with Crippen LogP contribution in [0.5, 0.6) is 0 Å². The Morgan fingerprint density at radius 2 is 2.14 bits per heavy atom. The van der Waals surface area contributed by atoms with Crippen molar-refractivity contribution in [3.8, 4) is 0 Å². The first kappa shape index (κ1) is 19.1. The average molecular weight is 440 g/mol. The Bertz CT molecular complexity index is 615. The molecule has 1 aromatic rings. The molecule has 1 saturated heterocycles. The van der Waals surface area contributed by atoms with E-state index in [1.165, 1.54) is 6.07 Å². The Labute approximate surface area is 147 Å².